The molecule has 1 unspecified atom stereocenters. The van der Waals surface area contributed by atoms with Crippen molar-refractivity contribution in [2.24, 2.45) is 0 Å². The molecule has 0 aliphatic carbocycles. The normalized spacial score (nSPS) is 20.7. The number of nitrogens with zero attached hydrogens (tertiary/aromatic N) is 3. The number of fused-ring (bicyclic) bond motifs is 2. The number of β-amino-alcohol motifs (C(OH)–C–C–N with tert-alkyl or cyclic N) is 1. The molecule has 1 saturated heterocycles. The molecule has 4 heterocycles. The van der Waals surface area contributed by atoms with Crippen LogP contribution in [0.2, 0.25) is 0 Å². The maximum Gasteiger partial charge on any atom is 0.246 e. The number of likely N-dealkylation sites (N-methyl/N-ethyl adjacent to an activating group) is 1. The van der Waals surface area contributed by atoms with E-state index in [1.54, 1.807) is 30.3 Å². The van der Waals surface area contributed by atoms with Gasteiger partial charge in [0.2, 0.25) is 11.8 Å². The molecule has 3 aromatic rings. The Kier molecular flexibility index (Phi) is 6.40. The zero-order valence-corrected chi connectivity index (χ0v) is 20.0. The van der Waals surface area contributed by atoms with Gasteiger partial charge in [-0.1, -0.05) is 18.2 Å². The lowest BCUT2D eigenvalue weighted by atomic mass is 10.0. The van der Waals surface area contributed by atoms with Crippen LogP contribution in [0.1, 0.15) is 35.3 Å². The molecule has 8 heteroatoms. The summed E-state index contributed by atoms with van der Waals surface area (Å²) in [5, 5.41) is 13.8. The van der Waals surface area contributed by atoms with E-state index < -0.39 is 0 Å². The van der Waals surface area contributed by atoms with Crippen molar-refractivity contribution in [3.8, 4) is 0 Å². The Morgan fingerprint density at radius 3 is 2.97 bits per heavy atom. The van der Waals surface area contributed by atoms with Crippen molar-refractivity contribution in [2.75, 3.05) is 25.5 Å². The number of aromatic nitrogens is 1. The molecule has 35 heavy (non-hydrogen) atoms. The van der Waals surface area contributed by atoms with E-state index in [1.165, 1.54) is 0 Å². The van der Waals surface area contributed by atoms with Gasteiger partial charge in [-0.25, -0.2) is 4.98 Å². The maximum absolute atomic E-state index is 12.8. The molecule has 0 saturated carbocycles. The van der Waals surface area contributed by atoms with Crippen LogP contribution in [0.3, 0.4) is 0 Å². The summed E-state index contributed by atoms with van der Waals surface area (Å²) in [5.74, 6) is 1.19. The van der Waals surface area contributed by atoms with E-state index >= 15 is 0 Å². The molecule has 2 N–H and O–H groups in total. The Bertz CT molecular complexity index is 1300. The third-order valence-corrected chi connectivity index (χ3v) is 6.94. The Hall–Kier alpha value is -3.49. The van der Waals surface area contributed by atoms with Crippen molar-refractivity contribution in [3.63, 3.8) is 0 Å². The van der Waals surface area contributed by atoms with Crippen molar-refractivity contribution in [2.45, 2.75) is 44.9 Å². The molecule has 182 valence electrons. The number of anilines is 1. The van der Waals surface area contributed by atoms with E-state index in [4.69, 9.17) is 4.42 Å². The molecule has 1 fully saturated rings. The van der Waals surface area contributed by atoms with Gasteiger partial charge >= 0.3 is 0 Å². The molecule has 0 radical (unpaired) electrons. The monoisotopic (exact) mass is 474 g/mol. The van der Waals surface area contributed by atoms with Gasteiger partial charge in [0.25, 0.3) is 0 Å². The summed E-state index contributed by atoms with van der Waals surface area (Å²) < 4.78 is 5.82. The number of amides is 2. The Morgan fingerprint density at radius 2 is 2.17 bits per heavy atom. The van der Waals surface area contributed by atoms with Crippen molar-refractivity contribution in [3.05, 3.63) is 65.1 Å². The zero-order chi connectivity index (χ0) is 24.5. The Labute approximate surface area is 204 Å². The lowest BCUT2D eigenvalue weighted by Gasteiger charge is -2.24. The van der Waals surface area contributed by atoms with E-state index in [9.17, 15) is 14.7 Å². The highest BCUT2D eigenvalue weighted by atomic mass is 16.3. The summed E-state index contributed by atoms with van der Waals surface area (Å²) in [4.78, 5) is 33.7. The van der Waals surface area contributed by atoms with Gasteiger partial charge in [0.05, 0.1) is 12.1 Å². The highest BCUT2D eigenvalue weighted by Crippen LogP contribution is 2.27. The molecular weight excluding hydrogens is 444 g/mol. The van der Waals surface area contributed by atoms with Crippen LogP contribution in [0.15, 0.2) is 47.0 Å². The smallest absolute Gasteiger partial charge is 0.246 e. The highest BCUT2D eigenvalue weighted by molar-refractivity contribution is 5.96. The average Bonchev–Trinajstić information content (AvgIpc) is 3.36. The van der Waals surface area contributed by atoms with Crippen LogP contribution in [0, 0.1) is 6.92 Å². The second-order valence-electron chi connectivity index (χ2n) is 9.42. The minimum absolute atomic E-state index is 0.0764. The SMILES string of the molecule is Cc1oc2ccccc2c1CN(C)C(=O)/C=C/c1cnc2c(c1)CCC(N1CC[C@@H](O)C1)C(=O)N2. The van der Waals surface area contributed by atoms with Gasteiger partial charge in [-0.2, -0.15) is 0 Å². The standard InChI is InChI=1S/C27H30N4O4/c1-17-22(21-5-3-4-6-24(21)35-17)16-30(2)25(33)10-7-18-13-19-8-9-23(31-12-11-20(32)15-31)27(34)29-26(19)28-14-18/h3-7,10,13-14,20,23,32H,8-9,11-12,15-16H2,1-2H3,(H,28,29,34)/b10-7+/t20-,23?/m1/s1. The Balaban J connectivity index is 1.25. The van der Waals surface area contributed by atoms with Crippen LogP contribution in [-0.4, -0.2) is 64.0 Å². The first kappa shape index (κ1) is 23.3. The number of para-hydroxylation sites is 1. The predicted octanol–water partition coefficient (Wildman–Crippen LogP) is 3.13. The van der Waals surface area contributed by atoms with Gasteiger partial charge in [0.15, 0.2) is 0 Å². The number of pyridine rings is 1. The minimum atomic E-state index is -0.366. The van der Waals surface area contributed by atoms with Crippen molar-refractivity contribution < 1.29 is 19.1 Å². The molecular formula is C27H30N4O4. The number of carbonyl (C=O) groups excluding carboxylic acids is 2. The largest absolute Gasteiger partial charge is 0.461 e. The summed E-state index contributed by atoms with van der Waals surface area (Å²) >= 11 is 0. The van der Waals surface area contributed by atoms with E-state index in [1.807, 2.05) is 42.2 Å². The third kappa shape index (κ3) is 4.85. The number of hydrogen-bond acceptors (Lipinski definition) is 6. The number of rotatable bonds is 5. The molecule has 2 aliphatic heterocycles. The fraction of sp³-hybridized carbons (Fsp3) is 0.370. The quantitative estimate of drug-likeness (QED) is 0.552. The fourth-order valence-corrected chi connectivity index (χ4v) is 4.97. The molecule has 1 aromatic carbocycles. The second-order valence-corrected chi connectivity index (χ2v) is 9.42. The van der Waals surface area contributed by atoms with Crippen LogP contribution < -0.4 is 5.32 Å². The van der Waals surface area contributed by atoms with Crippen LogP contribution in [0.25, 0.3) is 17.0 Å². The summed E-state index contributed by atoms with van der Waals surface area (Å²) in [6.45, 7) is 3.62. The number of aliphatic hydroxyl groups is 1. The van der Waals surface area contributed by atoms with Gasteiger partial charge < -0.3 is 19.7 Å². The number of carbonyl (C=O) groups is 2. The van der Waals surface area contributed by atoms with Crippen molar-refractivity contribution >= 4 is 34.7 Å². The first-order chi connectivity index (χ1) is 16.9. The Morgan fingerprint density at radius 1 is 1.34 bits per heavy atom. The summed E-state index contributed by atoms with van der Waals surface area (Å²) in [7, 11) is 1.77. The molecule has 8 nitrogen and oxygen atoms in total. The number of aliphatic hydroxyl groups excluding tert-OH is 1. The van der Waals surface area contributed by atoms with E-state index in [0.717, 1.165) is 40.0 Å². The first-order valence-electron chi connectivity index (χ1n) is 12.0. The molecule has 0 spiro atoms. The van der Waals surface area contributed by atoms with E-state index in [-0.39, 0.29) is 24.0 Å². The number of hydrogen-bond donors (Lipinski definition) is 2. The fourth-order valence-electron chi connectivity index (χ4n) is 4.97. The summed E-state index contributed by atoms with van der Waals surface area (Å²) in [6, 6.07) is 9.54. The van der Waals surface area contributed by atoms with Gasteiger partial charge in [0.1, 0.15) is 17.2 Å². The number of furan rings is 1. The van der Waals surface area contributed by atoms with Crippen LogP contribution in [-0.2, 0) is 22.6 Å². The lowest BCUT2D eigenvalue weighted by molar-refractivity contribution is -0.125. The van der Waals surface area contributed by atoms with Gasteiger partial charge in [-0.15, -0.1) is 0 Å². The molecule has 0 bridgehead atoms. The van der Waals surface area contributed by atoms with Gasteiger partial charge in [-0.3, -0.25) is 14.5 Å². The predicted molar refractivity (Wildman–Crippen MR) is 134 cm³/mol. The van der Waals surface area contributed by atoms with Crippen molar-refractivity contribution in [1.29, 1.82) is 0 Å². The van der Waals surface area contributed by atoms with Crippen LogP contribution >= 0.6 is 0 Å². The lowest BCUT2D eigenvalue weighted by Crippen LogP contribution is -2.42. The topological polar surface area (TPSA) is 98.9 Å². The molecule has 2 aliphatic rings. The maximum atomic E-state index is 12.8. The highest BCUT2D eigenvalue weighted by Gasteiger charge is 2.33. The molecule has 2 aromatic heterocycles. The second kappa shape index (κ2) is 9.64. The van der Waals surface area contributed by atoms with Gasteiger partial charge in [0, 0.05) is 49.9 Å². The number of likely N-dealkylation sites (tertiary alicyclic amines) is 1. The van der Waals surface area contributed by atoms with Crippen LogP contribution in [0.4, 0.5) is 5.82 Å². The van der Waals surface area contributed by atoms with Gasteiger partial charge in [-0.05, 0) is 55.5 Å². The number of aryl methyl sites for hydroxylation is 2. The summed E-state index contributed by atoms with van der Waals surface area (Å²) in [6.07, 6.45) is 6.66. The minimum Gasteiger partial charge on any atom is -0.461 e. The van der Waals surface area contributed by atoms with E-state index in [2.05, 4.69) is 10.3 Å². The average molecular weight is 475 g/mol. The van der Waals surface area contributed by atoms with E-state index in [0.29, 0.717) is 38.2 Å². The summed E-state index contributed by atoms with van der Waals surface area (Å²) in [5.41, 5.74) is 3.58. The molecule has 2 amide bonds. The molecule has 5 rings (SSSR count). The van der Waals surface area contributed by atoms with Crippen molar-refractivity contribution in [1.82, 2.24) is 14.8 Å². The third-order valence-electron chi connectivity index (χ3n) is 6.94. The number of nitrogens with one attached hydrogen (secondary N) is 1. The van der Waals surface area contributed by atoms with Crippen LogP contribution in [0.5, 0.6) is 0 Å². The number of benzene rings is 1. The molecule has 2 atom stereocenters. The zero-order valence-electron chi connectivity index (χ0n) is 20.0. The first-order valence-corrected chi connectivity index (χ1v) is 12.0.